The molecule has 0 saturated heterocycles. The van der Waals surface area contributed by atoms with Gasteiger partial charge in [0.1, 0.15) is 17.3 Å². The number of nitrogens with one attached hydrogen (secondary N) is 2. The predicted molar refractivity (Wildman–Crippen MR) is 120 cm³/mol. The lowest BCUT2D eigenvalue weighted by Gasteiger charge is -2.26. The van der Waals surface area contributed by atoms with Gasteiger partial charge in [-0.3, -0.25) is 9.48 Å². The van der Waals surface area contributed by atoms with Gasteiger partial charge in [0, 0.05) is 24.8 Å². The van der Waals surface area contributed by atoms with Crippen molar-refractivity contribution >= 4 is 15.9 Å². The molecule has 2 N–H and O–H groups in total. The van der Waals surface area contributed by atoms with Crippen LogP contribution in [0, 0.1) is 0 Å². The van der Waals surface area contributed by atoms with Crippen LogP contribution >= 0.6 is 0 Å². The first kappa shape index (κ1) is 22.0. The average Bonchev–Trinajstić information content (AvgIpc) is 3.36. The van der Waals surface area contributed by atoms with E-state index in [0.29, 0.717) is 24.3 Å². The maximum absolute atomic E-state index is 12.5. The van der Waals surface area contributed by atoms with E-state index in [2.05, 4.69) is 15.1 Å². The van der Waals surface area contributed by atoms with Crippen LogP contribution in [-0.4, -0.2) is 37.3 Å². The molecule has 32 heavy (non-hydrogen) atoms. The maximum Gasteiger partial charge on any atom is 0.252 e. The average molecular weight is 455 g/mol. The third-order valence-corrected chi connectivity index (χ3v) is 6.94. The Morgan fingerprint density at radius 3 is 2.69 bits per heavy atom. The van der Waals surface area contributed by atoms with Gasteiger partial charge in [-0.05, 0) is 49.6 Å². The molecular weight excluding hydrogens is 428 g/mol. The van der Waals surface area contributed by atoms with Crippen LogP contribution in [0.25, 0.3) is 0 Å². The molecule has 9 heteroatoms. The summed E-state index contributed by atoms with van der Waals surface area (Å²) in [5.74, 6) is 0.475. The molecule has 3 aromatic rings. The largest absolute Gasteiger partial charge is 0.492 e. The highest BCUT2D eigenvalue weighted by Crippen LogP contribution is 2.36. The summed E-state index contributed by atoms with van der Waals surface area (Å²) in [6.07, 6.45) is 3.47. The number of amides is 1. The van der Waals surface area contributed by atoms with Gasteiger partial charge in [-0.25, -0.2) is 13.1 Å². The number of benzene rings is 2. The Bertz CT molecular complexity index is 1220. The van der Waals surface area contributed by atoms with E-state index in [9.17, 15) is 13.2 Å². The highest BCUT2D eigenvalue weighted by molar-refractivity contribution is 7.89. The van der Waals surface area contributed by atoms with Gasteiger partial charge in [0.2, 0.25) is 10.0 Å². The molecule has 168 valence electrons. The number of aromatic nitrogens is 2. The standard InChI is InChI=1S/C23H26N4O4S/c1-3-27-16-19(15-24-27)32(29,30)25-11-12-31-18-9-10-20-21(13-18)23(2,26-22(20)28)14-17-7-5-4-6-8-17/h4-10,13,15-16,25H,3,11-12,14H2,1-2H3,(H,26,28). The first-order chi connectivity index (χ1) is 15.3. The zero-order valence-corrected chi connectivity index (χ0v) is 18.9. The molecule has 1 amide bonds. The van der Waals surface area contributed by atoms with E-state index >= 15 is 0 Å². The van der Waals surface area contributed by atoms with E-state index in [1.807, 2.05) is 50.2 Å². The van der Waals surface area contributed by atoms with Gasteiger partial charge in [0.15, 0.2) is 0 Å². The van der Waals surface area contributed by atoms with Crippen molar-refractivity contribution in [2.75, 3.05) is 13.2 Å². The Labute approximate surface area is 187 Å². The van der Waals surface area contributed by atoms with Crippen LogP contribution in [0.5, 0.6) is 5.75 Å². The van der Waals surface area contributed by atoms with Crippen molar-refractivity contribution in [3.8, 4) is 5.75 Å². The van der Waals surface area contributed by atoms with Crippen molar-refractivity contribution in [2.24, 2.45) is 0 Å². The van der Waals surface area contributed by atoms with Crippen LogP contribution in [0.1, 0.15) is 35.3 Å². The first-order valence-electron chi connectivity index (χ1n) is 10.5. The van der Waals surface area contributed by atoms with E-state index in [0.717, 1.165) is 11.1 Å². The second-order valence-corrected chi connectivity index (χ2v) is 9.70. The highest BCUT2D eigenvalue weighted by atomic mass is 32.2. The molecule has 1 atom stereocenters. The summed E-state index contributed by atoms with van der Waals surface area (Å²) in [7, 11) is -3.64. The number of aryl methyl sites for hydroxylation is 1. The Morgan fingerprint density at radius 2 is 1.97 bits per heavy atom. The van der Waals surface area contributed by atoms with Crippen LogP contribution in [0.3, 0.4) is 0 Å². The number of hydrogen-bond acceptors (Lipinski definition) is 5. The normalized spacial score (nSPS) is 17.8. The Morgan fingerprint density at radius 1 is 1.19 bits per heavy atom. The molecule has 1 unspecified atom stereocenters. The molecule has 4 rings (SSSR count). The highest BCUT2D eigenvalue weighted by Gasteiger charge is 2.39. The van der Waals surface area contributed by atoms with E-state index in [4.69, 9.17) is 4.74 Å². The van der Waals surface area contributed by atoms with E-state index < -0.39 is 15.6 Å². The van der Waals surface area contributed by atoms with Crippen molar-refractivity contribution in [3.05, 3.63) is 77.6 Å². The van der Waals surface area contributed by atoms with E-state index in [1.165, 1.54) is 12.4 Å². The second kappa shape index (κ2) is 8.76. The summed E-state index contributed by atoms with van der Waals surface area (Å²) < 4.78 is 34.6. The molecule has 2 heterocycles. The molecule has 0 saturated carbocycles. The summed E-state index contributed by atoms with van der Waals surface area (Å²) >= 11 is 0. The molecule has 0 radical (unpaired) electrons. The zero-order chi connectivity index (χ0) is 22.8. The molecular formula is C23H26N4O4S. The molecule has 0 spiro atoms. The van der Waals surface area contributed by atoms with E-state index in [1.54, 1.807) is 16.8 Å². The van der Waals surface area contributed by atoms with Gasteiger partial charge in [0.05, 0.1) is 11.7 Å². The number of carbonyl (C=O) groups is 1. The lowest BCUT2D eigenvalue weighted by Crippen LogP contribution is -2.38. The Kier molecular flexibility index (Phi) is 6.03. The predicted octanol–water partition coefficient (Wildman–Crippen LogP) is 2.46. The quantitative estimate of drug-likeness (QED) is 0.484. The van der Waals surface area contributed by atoms with Crippen LogP contribution in [0.4, 0.5) is 0 Å². The van der Waals surface area contributed by atoms with Crippen LogP contribution in [0.2, 0.25) is 0 Å². The molecule has 2 aromatic carbocycles. The molecule has 1 aliphatic rings. The zero-order valence-electron chi connectivity index (χ0n) is 18.0. The topological polar surface area (TPSA) is 102 Å². The van der Waals surface area contributed by atoms with Gasteiger partial charge in [-0.15, -0.1) is 0 Å². The van der Waals surface area contributed by atoms with Gasteiger partial charge in [-0.2, -0.15) is 5.10 Å². The SMILES string of the molecule is CCn1cc(S(=O)(=O)NCCOc2ccc3c(c2)C(C)(Cc2ccccc2)NC3=O)cn1. The summed E-state index contributed by atoms with van der Waals surface area (Å²) in [4.78, 5) is 12.6. The van der Waals surface area contributed by atoms with Crippen LogP contribution in [0.15, 0.2) is 65.8 Å². The van der Waals surface area contributed by atoms with Gasteiger partial charge < -0.3 is 10.1 Å². The van der Waals surface area contributed by atoms with Crippen molar-refractivity contribution in [2.45, 2.75) is 37.2 Å². The molecule has 0 fully saturated rings. The number of nitrogens with zero attached hydrogens (tertiary/aromatic N) is 2. The summed E-state index contributed by atoms with van der Waals surface area (Å²) in [5, 5.41) is 7.08. The van der Waals surface area contributed by atoms with Crippen molar-refractivity contribution in [1.29, 1.82) is 0 Å². The minimum absolute atomic E-state index is 0.106. The number of rotatable bonds is 9. The minimum atomic E-state index is -3.64. The molecule has 8 nitrogen and oxygen atoms in total. The van der Waals surface area contributed by atoms with Crippen molar-refractivity contribution in [3.63, 3.8) is 0 Å². The fraction of sp³-hybridized carbons (Fsp3) is 0.304. The second-order valence-electron chi connectivity index (χ2n) is 7.93. The smallest absolute Gasteiger partial charge is 0.252 e. The van der Waals surface area contributed by atoms with Gasteiger partial charge in [-0.1, -0.05) is 30.3 Å². The lowest BCUT2D eigenvalue weighted by atomic mass is 9.86. The molecule has 1 aromatic heterocycles. The first-order valence-corrected chi connectivity index (χ1v) is 11.9. The Hall–Kier alpha value is -3.17. The van der Waals surface area contributed by atoms with Crippen molar-refractivity contribution in [1.82, 2.24) is 19.8 Å². The summed E-state index contributed by atoms with van der Waals surface area (Å²) in [6, 6.07) is 15.3. The van der Waals surface area contributed by atoms with Gasteiger partial charge in [0.25, 0.3) is 5.91 Å². The van der Waals surface area contributed by atoms with Crippen LogP contribution in [-0.2, 0) is 28.5 Å². The maximum atomic E-state index is 12.5. The minimum Gasteiger partial charge on any atom is -0.492 e. The summed E-state index contributed by atoms with van der Waals surface area (Å²) in [6.45, 7) is 4.73. The number of sulfonamides is 1. The third-order valence-electron chi connectivity index (χ3n) is 5.53. The fourth-order valence-corrected chi connectivity index (χ4v) is 4.85. The monoisotopic (exact) mass is 454 g/mol. The number of hydrogen-bond donors (Lipinski definition) is 2. The molecule has 0 aliphatic carbocycles. The van der Waals surface area contributed by atoms with Crippen molar-refractivity contribution < 1.29 is 17.9 Å². The number of ether oxygens (including phenoxy) is 1. The Balaban J connectivity index is 1.41. The fourth-order valence-electron chi connectivity index (χ4n) is 3.88. The summed E-state index contributed by atoms with van der Waals surface area (Å²) in [5.41, 5.74) is 2.07. The van der Waals surface area contributed by atoms with E-state index in [-0.39, 0.29) is 24.0 Å². The van der Waals surface area contributed by atoms with Crippen LogP contribution < -0.4 is 14.8 Å². The molecule has 0 bridgehead atoms. The lowest BCUT2D eigenvalue weighted by molar-refractivity contribution is 0.0935. The third kappa shape index (κ3) is 4.53. The number of fused-ring (bicyclic) bond motifs is 1. The number of carbonyl (C=O) groups excluding carboxylic acids is 1. The van der Waals surface area contributed by atoms with Gasteiger partial charge >= 0.3 is 0 Å². The molecule has 1 aliphatic heterocycles.